The quantitative estimate of drug-likeness (QED) is 0.569. The monoisotopic (exact) mass is 294 g/mol. The van der Waals surface area contributed by atoms with Crippen molar-refractivity contribution in [1.29, 1.82) is 0 Å². The summed E-state index contributed by atoms with van der Waals surface area (Å²) < 4.78 is 13.1. The van der Waals surface area contributed by atoms with E-state index < -0.39 is 11.9 Å². The molecule has 1 rings (SSSR count). The first-order chi connectivity index (χ1) is 10.1. The topological polar surface area (TPSA) is 37.3 Å². The first-order valence-corrected chi connectivity index (χ1v) is 8.10. The van der Waals surface area contributed by atoms with Gasteiger partial charge >= 0.3 is 5.97 Å². The highest BCUT2D eigenvalue weighted by molar-refractivity contribution is 5.70. The zero-order valence-electron chi connectivity index (χ0n) is 13.0. The summed E-state index contributed by atoms with van der Waals surface area (Å²) in [5.41, 5.74) is 0.769. The van der Waals surface area contributed by atoms with Crippen molar-refractivity contribution in [3.63, 3.8) is 0 Å². The molecule has 0 fully saturated rings. The summed E-state index contributed by atoms with van der Waals surface area (Å²) in [7, 11) is 0. The van der Waals surface area contributed by atoms with E-state index in [4.69, 9.17) is 0 Å². The molecule has 0 saturated carbocycles. The number of hydrogen-bond donors (Lipinski definition) is 1. The van der Waals surface area contributed by atoms with Gasteiger partial charge in [0.1, 0.15) is 5.82 Å². The van der Waals surface area contributed by atoms with Crippen LogP contribution in [-0.2, 0) is 11.2 Å². The molecule has 0 aliphatic carbocycles. The SMILES string of the molecule is CCCCCCCCCC(Cc1cccc(F)c1)C(=O)O. The first-order valence-electron chi connectivity index (χ1n) is 8.10. The van der Waals surface area contributed by atoms with Crippen LogP contribution in [0.3, 0.4) is 0 Å². The summed E-state index contributed by atoms with van der Waals surface area (Å²) >= 11 is 0. The van der Waals surface area contributed by atoms with Crippen molar-refractivity contribution in [1.82, 2.24) is 0 Å². The summed E-state index contributed by atoms with van der Waals surface area (Å²) in [6.45, 7) is 2.20. The molecule has 1 N–H and O–H groups in total. The molecule has 1 unspecified atom stereocenters. The maximum absolute atomic E-state index is 13.1. The summed E-state index contributed by atoms with van der Waals surface area (Å²) in [6.07, 6.45) is 9.38. The standard InChI is InChI=1S/C18H27FO2/c1-2-3-4-5-6-7-8-11-16(18(20)21)13-15-10-9-12-17(19)14-15/h9-10,12,14,16H,2-8,11,13H2,1H3,(H,20,21). The number of carboxylic acids is 1. The van der Waals surface area contributed by atoms with E-state index in [9.17, 15) is 14.3 Å². The molecule has 0 amide bonds. The fourth-order valence-corrected chi connectivity index (χ4v) is 2.61. The van der Waals surface area contributed by atoms with Crippen molar-refractivity contribution >= 4 is 5.97 Å². The van der Waals surface area contributed by atoms with Gasteiger partial charge in [-0.3, -0.25) is 4.79 Å². The Bertz CT molecular complexity index is 417. The van der Waals surface area contributed by atoms with Crippen LogP contribution in [0.2, 0.25) is 0 Å². The van der Waals surface area contributed by atoms with E-state index in [-0.39, 0.29) is 5.82 Å². The van der Waals surface area contributed by atoms with Gasteiger partial charge in [-0.1, -0.05) is 64.0 Å². The Morgan fingerprint density at radius 3 is 2.43 bits per heavy atom. The van der Waals surface area contributed by atoms with Crippen molar-refractivity contribution in [3.05, 3.63) is 35.6 Å². The molecule has 0 saturated heterocycles. The van der Waals surface area contributed by atoms with Crippen molar-refractivity contribution in [3.8, 4) is 0 Å². The molecule has 0 bridgehead atoms. The zero-order valence-corrected chi connectivity index (χ0v) is 13.0. The lowest BCUT2D eigenvalue weighted by atomic mass is 9.93. The third-order valence-corrected chi connectivity index (χ3v) is 3.88. The normalized spacial score (nSPS) is 12.3. The van der Waals surface area contributed by atoms with Crippen LogP contribution in [0.1, 0.15) is 63.9 Å². The lowest BCUT2D eigenvalue weighted by Crippen LogP contribution is -2.16. The summed E-state index contributed by atoms with van der Waals surface area (Å²) in [4.78, 5) is 11.3. The Hall–Kier alpha value is -1.38. The van der Waals surface area contributed by atoms with Gasteiger partial charge in [0.25, 0.3) is 0 Å². The van der Waals surface area contributed by atoms with Gasteiger partial charge in [0.15, 0.2) is 0 Å². The van der Waals surface area contributed by atoms with E-state index in [0.717, 1.165) is 18.4 Å². The van der Waals surface area contributed by atoms with Crippen molar-refractivity contribution < 1.29 is 14.3 Å². The van der Waals surface area contributed by atoms with E-state index in [2.05, 4.69) is 6.92 Å². The van der Waals surface area contributed by atoms with Gasteiger partial charge in [0, 0.05) is 0 Å². The number of carboxylic acid groups (broad SMARTS) is 1. The largest absolute Gasteiger partial charge is 0.481 e. The predicted octanol–water partition coefficient (Wildman–Crippen LogP) is 5.21. The average molecular weight is 294 g/mol. The minimum Gasteiger partial charge on any atom is -0.481 e. The van der Waals surface area contributed by atoms with Gasteiger partial charge in [0.2, 0.25) is 0 Å². The number of aliphatic carboxylic acids is 1. The van der Waals surface area contributed by atoms with E-state index in [1.807, 2.05) is 0 Å². The molecule has 2 nitrogen and oxygen atoms in total. The van der Waals surface area contributed by atoms with Crippen molar-refractivity contribution in [2.24, 2.45) is 5.92 Å². The maximum Gasteiger partial charge on any atom is 0.306 e. The number of hydrogen-bond acceptors (Lipinski definition) is 1. The van der Waals surface area contributed by atoms with Gasteiger partial charge in [-0.15, -0.1) is 0 Å². The Morgan fingerprint density at radius 2 is 1.81 bits per heavy atom. The molecule has 0 radical (unpaired) electrons. The molecule has 1 aromatic carbocycles. The molecule has 1 atom stereocenters. The minimum absolute atomic E-state index is 0.299. The number of unbranched alkanes of at least 4 members (excludes halogenated alkanes) is 6. The molecule has 3 heteroatoms. The third-order valence-electron chi connectivity index (χ3n) is 3.88. The average Bonchev–Trinajstić information content (AvgIpc) is 2.45. The summed E-state index contributed by atoms with van der Waals surface area (Å²) in [5.74, 6) is -1.47. The number of carbonyl (C=O) groups is 1. The molecule has 0 aromatic heterocycles. The van der Waals surface area contributed by atoms with Crippen molar-refractivity contribution in [2.75, 3.05) is 0 Å². The van der Waals surface area contributed by atoms with E-state index in [0.29, 0.717) is 12.8 Å². The Morgan fingerprint density at radius 1 is 1.14 bits per heavy atom. The second kappa shape index (κ2) is 10.4. The lowest BCUT2D eigenvalue weighted by Gasteiger charge is -2.12. The van der Waals surface area contributed by atoms with Crippen LogP contribution in [0.15, 0.2) is 24.3 Å². The van der Waals surface area contributed by atoms with Crippen LogP contribution in [-0.4, -0.2) is 11.1 Å². The summed E-state index contributed by atoms with van der Waals surface area (Å²) in [6, 6.07) is 6.25. The number of benzene rings is 1. The van der Waals surface area contributed by atoms with Gasteiger partial charge in [-0.25, -0.2) is 4.39 Å². The molecule has 0 heterocycles. The van der Waals surface area contributed by atoms with Crippen LogP contribution < -0.4 is 0 Å². The van der Waals surface area contributed by atoms with E-state index in [1.54, 1.807) is 12.1 Å². The van der Waals surface area contributed by atoms with Crippen molar-refractivity contribution in [2.45, 2.75) is 64.7 Å². The molecule has 1 aromatic rings. The Labute approximate surface area is 127 Å². The predicted molar refractivity (Wildman–Crippen MR) is 83.8 cm³/mol. The third kappa shape index (κ3) is 7.84. The highest BCUT2D eigenvalue weighted by atomic mass is 19.1. The summed E-state index contributed by atoms with van der Waals surface area (Å²) in [5, 5.41) is 9.28. The molecule has 0 aliphatic rings. The van der Waals surface area contributed by atoms with Crippen LogP contribution >= 0.6 is 0 Å². The first kappa shape index (κ1) is 17.7. The molecular weight excluding hydrogens is 267 g/mol. The van der Waals surface area contributed by atoms with Crippen LogP contribution in [0, 0.1) is 11.7 Å². The second-order valence-electron chi connectivity index (χ2n) is 5.78. The van der Waals surface area contributed by atoms with Crippen LogP contribution in [0.5, 0.6) is 0 Å². The van der Waals surface area contributed by atoms with Crippen LogP contribution in [0.4, 0.5) is 4.39 Å². The number of halogens is 1. The smallest absolute Gasteiger partial charge is 0.306 e. The molecule has 118 valence electrons. The fourth-order valence-electron chi connectivity index (χ4n) is 2.61. The van der Waals surface area contributed by atoms with Gasteiger partial charge < -0.3 is 5.11 Å². The highest BCUT2D eigenvalue weighted by Crippen LogP contribution is 2.18. The highest BCUT2D eigenvalue weighted by Gasteiger charge is 2.17. The number of rotatable bonds is 11. The second-order valence-corrected chi connectivity index (χ2v) is 5.78. The lowest BCUT2D eigenvalue weighted by molar-refractivity contribution is -0.142. The zero-order chi connectivity index (χ0) is 15.5. The van der Waals surface area contributed by atoms with Gasteiger partial charge in [-0.2, -0.15) is 0 Å². The fraction of sp³-hybridized carbons (Fsp3) is 0.611. The van der Waals surface area contributed by atoms with Gasteiger partial charge in [0.05, 0.1) is 5.92 Å². The Kier molecular flexibility index (Phi) is 8.72. The molecule has 0 spiro atoms. The minimum atomic E-state index is -0.773. The van der Waals surface area contributed by atoms with E-state index >= 15 is 0 Å². The van der Waals surface area contributed by atoms with E-state index in [1.165, 1.54) is 44.2 Å². The molecular formula is C18H27FO2. The molecule has 21 heavy (non-hydrogen) atoms. The Balaban J connectivity index is 2.29. The molecule has 0 aliphatic heterocycles. The van der Waals surface area contributed by atoms with Gasteiger partial charge in [-0.05, 0) is 30.5 Å². The van der Waals surface area contributed by atoms with Crippen LogP contribution in [0.25, 0.3) is 0 Å². The maximum atomic E-state index is 13.1.